The number of carbonyl (C=O) groups is 1. The second-order valence-electron chi connectivity index (χ2n) is 7.03. The summed E-state index contributed by atoms with van der Waals surface area (Å²) in [5.41, 5.74) is 0.0814. The van der Waals surface area contributed by atoms with E-state index >= 15 is 0 Å². The van der Waals surface area contributed by atoms with Crippen LogP contribution in [0.1, 0.15) is 18.1 Å². The first-order valence-electron chi connectivity index (χ1n) is 9.63. The average Bonchev–Trinajstić information content (AvgIpc) is 2.77. The van der Waals surface area contributed by atoms with Crippen molar-refractivity contribution in [1.29, 1.82) is 0 Å². The van der Waals surface area contributed by atoms with Crippen LogP contribution in [0.15, 0.2) is 52.2 Å². The number of nitrogens with zero attached hydrogens (tertiary/aromatic N) is 3. The van der Waals surface area contributed by atoms with Gasteiger partial charge in [0, 0.05) is 18.7 Å². The molecule has 0 amide bonds. The fraction of sp³-hybridized carbons (Fsp3) is 0.273. The van der Waals surface area contributed by atoms with Gasteiger partial charge in [-0.1, -0.05) is 12.1 Å². The van der Waals surface area contributed by atoms with Gasteiger partial charge in [-0.05, 0) is 37.6 Å². The maximum absolute atomic E-state index is 14.7. The van der Waals surface area contributed by atoms with Gasteiger partial charge in [-0.3, -0.25) is 9.36 Å². The normalized spacial score (nSPS) is 11.7. The van der Waals surface area contributed by atoms with E-state index < -0.39 is 29.1 Å². The molecule has 168 valence electrons. The topological polar surface area (TPSA) is 102 Å². The van der Waals surface area contributed by atoms with E-state index in [1.807, 2.05) is 13.0 Å². The van der Waals surface area contributed by atoms with Gasteiger partial charge in [-0.2, -0.15) is 9.78 Å². The number of aromatic nitrogens is 3. The fourth-order valence-electron chi connectivity index (χ4n) is 2.85. The van der Waals surface area contributed by atoms with E-state index in [0.717, 1.165) is 27.1 Å². The lowest BCUT2D eigenvalue weighted by Crippen LogP contribution is -2.38. The van der Waals surface area contributed by atoms with E-state index in [1.54, 1.807) is 19.1 Å². The summed E-state index contributed by atoms with van der Waals surface area (Å²) >= 11 is 0. The molecule has 3 aromatic rings. The number of hydrogen-bond acceptors (Lipinski definition) is 7. The Bertz CT molecular complexity index is 1270. The zero-order valence-electron chi connectivity index (χ0n) is 18.0. The summed E-state index contributed by atoms with van der Waals surface area (Å²) in [7, 11) is 2.56. The number of halogens is 1. The molecule has 1 heterocycles. The van der Waals surface area contributed by atoms with Crippen LogP contribution in [-0.4, -0.2) is 33.5 Å². The van der Waals surface area contributed by atoms with Gasteiger partial charge < -0.3 is 14.2 Å². The minimum Gasteiger partial charge on any atom is -0.489 e. The maximum atomic E-state index is 14.7. The third-order valence-corrected chi connectivity index (χ3v) is 4.68. The quantitative estimate of drug-likeness (QED) is 0.514. The Balaban J connectivity index is 1.81. The van der Waals surface area contributed by atoms with Gasteiger partial charge in [0.15, 0.2) is 11.9 Å². The second-order valence-corrected chi connectivity index (χ2v) is 7.03. The number of methoxy groups -OCH3 is 1. The van der Waals surface area contributed by atoms with Crippen molar-refractivity contribution in [3.8, 4) is 17.2 Å². The van der Waals surface area contributed by atoms with Gasteiger partial charge in [-0.15, -0.1) is 0 Å². The number of hydrogen-bond donors (Lipinski definition) is 0. The van der Waals surface area contributed by atoms with Crippen LogP contribution in [0.5, 0.6) is 11.5 Å². The van der Waals surface area contributed by atoms with Crippen LogP contribution in [0, 0.1) is 12.7 Å². The van der Waals surface area contributed by atoms with E-state index in [-0.39, 0.29) is 18.0 Å². The SMILES string of the molecule is COC(=O)C(C)Oc1cc(C)ccc1COc1ccc(-n2ncc(=O)n(C)c2=O)c(F)c1. The summed E-state index contributed by atoms with van der Waals surface area (Å²) in [5.74, 6) is -0.619. The first-order chi connectivity index (χ1) is 15.2. The number of carbonyl (C=O) groups excluding carboxylic acids is 1. The molecule has 2 aromatic carbocycles. The highest BCUT2D eigenvalue weighted by Crippen LogP contribution is 2.25. The summed E-state index contributed by atoms with van der Waals surface area (Å²) in [6.07, 6.45) is 0.115. The molecule has 0 aliphatic carbocycles. The van der Waals surface area contributed by atoms with Gasteiger partial charge in [-0.25, -0.2) is 14.0 Å². The molecule has 0 bridgehead atoms. The number of rotatable bonds is 7. The summed E-state index contributed by atoms with van der Waals surface area (Å²) in [4.78, 5) is 35.3. The minimum atomic E-state index is -0.815. The van der Waals surface area contributed by atoms with Crippen LogP contribution in [0.3, 0.4) is 0 Å². The Labute approximate surface area is 182 Å². The highest BCUT2D eigenvalue weighted by atomic mass is 19.1. The molecule has 0 radical (unpaired) electrons. The summed E-state index contributed by atoms with van der Waals surface area (Å²) in [6.45, 7) is 3.49. The molecular weight excluding hydrogens is 421 g/mol. The Morgan fingerprint density at radius 1 is 1.19 bits per heavy atom. The lowest BCUT2D eigenvalue weighted by Gasteiger charge is -2.17. The Morgan fingerprint density at radius 3 is 2.62 bits per heavy atom. The molecular formula is C22H22FN3O6. The lowest BCUT2D eigenvalue weighted by atomic mass is 10.1. The number of esters is 1. The van der Waals surface area contributed by atoms with Gasteiger partial charge in [0.25, 0.3) is 5.56 Å². The van der Waals surface area contributed by atoms with Gasteiger partial charge >= 0.3 is 11.7 Å². The van der Waals surface area contributed by atoms with Crippen LogP contribution in [0.25, 0.3) is 5.69 Å². The van der Waals surface area contributed by atoms with Crippen molar-refractivity contribution in [3.05, 3.63) is 80.4 Å². The van der Waals surface area contributed by atoms with E-state index in [2.05, 4.69) is 9.84 Å². The lowest BCUT2D eigenvalue weighted by molar-refractivity contribution is -0.147. The predicted molar refractivity (Wildman–Crippen MR) is 113 cm³/mol. The van der Waals surface area contributed by atoms with Crippen LogP contribution < -0.4 is 20.7 Å². The first kappa shape index (κ1) is 22.7. The molecule has 32 heavy (non-hydrogen) atoms. The molecule has 0 aliphatic rings. The molecule has 9 nitrogen and oxygen atoms in total. The molecule has 0 saturated carbocycles. The number of ether oxygens (including phenoxy) is 3. The Morgan fingerprint density at radius 2 is 1.94 bits per heavy atom. The van der Waals surface area contributed by atoms with Crippen molar-refractivity contribution in [2.45, 2.75) is 26.6 Å². The predicted octanol–water partition coefficient (Wildman–Crippen LogP) is 1.90. The molecule has 1 aromatic heterocycles. The largest absolute Gasteiger partial charge is 0.489 e. The van der Waals surface area contributed by atoms with Crippen LogP contribution in [0.2, 0.25) is 0 Å². The Hall–Kier alpha value is -3.95. The molecule has 1 atom stereocenters. The van der Waals surface area contributed by atoms with E-state index in [4.69, 9.17) is 9.47 Å². The third kappa shape index (κ3) is 4.85. The van der Waals surface area contributed by atoms with Crippen molar-refractivity contribution in [1.82, 2.24) is 14.3 Å². The van der Waals surface area contributed by atoms with Crippen molar-refractivity contribution >= 4 is 5.97 Å². The van der Waals surface area contributed by atoms with Crippen LogP contribution in [-0.2, 0) is 23.2 Å². The number of aryl methyl sites for hydroxylation is 1. The van der Waals surface area contributed by atoms with Gasteiger partial charge in [0.2, 0.25) is 0 Å². The van der Waals surface area contributed by atoms with Gasteiger partial charge in [0.1, 0.15) is 30.0 Å². The summed E-state index contributed by atoms with van der Waals surface area (Å²) < 4.78 is 32.3. The molecule has 0 saturated heterocycles. The molecule has 0 spiro atoms. The third-order valence-electron chi connectivity index (χ3n) is 4.68. The molecule has 3 rings (SSSR count). The Kier molecular flexibility index (Phi) is 6.72. The highest BCUT2D eigenvalue weighted by molar-refractivity contribution is 5.74. The van der Waals surface area contributed by atoms with Crippen molar-refractivity contribution in [2.75, 3.05) is 7.11 Å². The van der Waals surface area contributed by atoms with Crippen LogP contribution in [0.4, 0.5) is 4.39 Å². The molecule has 0 N–H and O–H groups in total. The minimum absolute atomic E-state index is 0.0420. The van der Waals surface area contributed by atoms with Crippen molar-refractivity contribution < 1.29 is 23.4 Å². The second kappa shape index (κ2) is 9.46. The first-order valence-corrected chi connectivity index (χ1v) is 9.63. The molecule has 10 heteroatoms. The zero-order valence-corrected chi connectivity index (χ0v) is 18.0. The monoisotopic (exact) mass is 443 g/mol. The van der Waals surface area contributed by atoms with E-state index in [1.165, 1.54) is 26.3 Å². The fourth-order valence-corrected chi connectivity index (χ4v) is 2.85. The average molecular weight is 443 g/mol. The van der Waals surface area contributed by atoms with E-state index in [0.29, 0.717) is 11.3 Å². The highest BCUT2D eigenvalue weighted by Gasteiger charge is 2.17. The standard InChI is InChI=1S/C22H22FN3O6/c1-13-5-6-15(19(9-13)32-14(2)21(28)30-4)12-31-16-7-8-18(17(23)10-16)26-22(29)25(3)20(27)11-24-26/h5-11,14H,12H2,1-4H3. The smallest absolute Gasteiger partial charge is 0.352 e. The van der Waals surface area contributed by atoms with E-state index in [9.17, 15) is 18.8 Å². The van der Waals surface area contributed by atoms with Crippen molar-refractivity contribution in [2.24, 2.45) is 7.05 Å². The zero-order chi connectivity index (χ0) is 23.4. The number of benzene rings is 2. The molecule has 0 fully saturated rings. The maximum Gasteiger partial charge on any atom is 0.352 e. The van der Waals surface area contributed by atoms with Crippen LogP contribution >= 0.6 is 0 Å². The summed E-state index contributed by atoms with van der Waals surface area (Å²) in [6, 6.07) is 9.32. The van der Waals surface area contributed by atoms with Gasteiger partial charge in [0.05, 0.1) is 7.11 Å². The molecule has 0 aliphatic heterocycles. The molecule has 1 unspecified atom stereocenters. The van der Waals surface area contributed by atoms with Crippen molar-refractivity contribution in [3.63, 3.8) is 0 Å². The summed E-state index contributed by atoms with van der Waals surface area (Å²) in [5, 5.41) is 3.70.